The molecule has 1 unspecified atom stereocenters. The lowest BCUT2D eigenvalue weighted by Crippen LogP contribution is -2.38. The van der Waals surface area contributed by atoms with Crippen molar-refractivity contribution in [2.75, 3.05) is 13.2 Å². The van der Waals surface area contributed by atoms with Crippen molar-refractivity contribution in [1.82, 2.24) is 10.6 Å². The first kappa shape index (κ1) is 12.9. The first-order valence-corrected chi connectivity index (χ1v) is 6.32. The summed E-state index contributed by atoms with van der Waals surface area (Å²) in [4.78, 5) is 11.6. The van der Waals surface area contributed by atoms with Crippen molar-refractivity contribution in [2.45, 2.75) is 32.7 Å². The maximum atomic E-state index is 12.0. The van der Waals surface area contributed by atoms with Crippen LogP contribution in [0.2, 0.25) is 0 Å². The number of nitrogens with one attached hydrogen (secondary N) is 2. The molecule has 18 heavy (non-hydrogen) atoms. The van der Waals surface area contributed by atoms with Crippen molar-refractivity contribution < 1.29 is 9.18 Å². The number of fused-ring (bicyclic) bond motifs is 1. The summed E-state index contributed by atoms with van der Waals surface area (Å²) in [5, 5.41) is 5.42. The van der Waals surface area contributed by atoms with E-state index in [2.05, 4.69) is 36.6 Å². The molecule has 2 amide bonds. The van der Waals surface area contributed by atoms with Crippen LogP contribution in [0.5, 0.6) is 0 Å². The molecule has 3 nitrogen and oxygen atoms in total. The van der Waals surface area contributed by atoms with Gasteiger partial charge in [-0.2, -0.15) is 0 Å². The number of rotatable bonds is 3. The third-order valence-corrected chi connectivity index (χ3v) is 3.61. The standard InChI is InChI=1S/C14H19FN2O/c1-9-3-4-11-5-6-12(13(11)10(9)2)17-14(18)16-8-7-15/h3-4,12H,5-8H2,1-2H3,(H2,16,17,18). The van der Waals surface area contributed by atoms with Gasteiger partial charge in [-0.3, -0.25) is 0 Å². The average molecular weight is 250 g/mol. The van der Waals surface area contributed by atoms with E-state index in [1.807, 2.05) is 0 Å². The zero-order valence-corrected chi connectivity index (χ0v) is 10.8. The molecule has 1 atom stereocenters. The predicted octanol–water partition coefficient (Wildman–Crippen LogP) is 2.56. The van der Waals surface area contributed by atoms with E-state index in [1.54, 1.807) is 0 Å². The Hall–Kier alpha value is -1.58. The average Bonchev–Trinajstić information content (AvgIpc) is 2.75. The van der Waals surface area contributed by atoms with Gasteiger partial charge in [0.05, 0.1) is 6.04 Å². The number of aryl methyl sites for hydroxylation is 2. The first-order valence-electron chi connectivity index (χ1n) is 6.32. The largest absolute Gasteiger partial charge is 0.336 e. The lowest BCUT2D eigenvalue weighted by molar-refractivity contribution is 0.236. The summed E-state index contributed by atoms with van der Waals surface area (Å²) in [6.07, 6.45) is 1.91. The summed E-state index contributed by atoms with van der Waals surface area (Å²) >= 11 is 0. The van der Waals surface area contributed by atoms with Crippen LogP contribution < -0.4 is 10.6 Å². The molecule has 4 heteroatoms. The zero-order valence-electron chi connectivity index (χ0n) is 10.8. The van der Waals surface area contributed by atoms with Crippen LogP contribution in [0.4, 0.5) is 9.18 Å². The van der Waals surface area contributed by atoms with Gasteiger partial charge in [-0.05, 0) is 48.9 Å². The van der Waals surface area contributed by atoms with Crippen molar-refractivity contribution in [1.29, 1.82) is 0 Å². The molecular formula is C14H19FN2O. The minimum Gasteiger partial charge on any atom is -0.336 e. The SMILES string of the molecule is Cc1ccc2c(c1C)C(NC(=O)NCCF)CC2. The van der Waals surface area contributed by atoms with E-state index in [9.17, 15) is 9.18 Å². The minimum absolute atomic E-state index is 0.0551. The third-order valence-electron chi connectivity index (χ3n) is 3.61. The van der Waals surface area contributed by atoms with Crippen LogP contribution in [0.3, 0.4) is 0 Å². The van der Waals surface area contributed by atoms with Gasteiger partial charge in [-0.15, -0.1) is 0 Å². The molecule has 0 spiro atoms. The van der Waals surface area contributed by atoms with Gasteiger partial charge in [0.25, 0.3) is 0 Å². The summed E-state index contributed by atoms with van der Waals surface area (Å²) in [5.41, 5.74) is 5.05. The van der Waals surface area contributed by atoms with E-state index in [0.29, 0.717) is 0 Å². The van der Waals surface area contributed by atoms with Crippen molar-refractivity contribution in [2.24, 2.45) is 0 Å². The van der Waals surface area contributed by atoms with Crippen LogP contribution in [0.1, 0.15) is 34.7 Å². The molecule has 1 aliphatic rings. The van der Waals surface area contributed by atoms with Gasteiger partial charge >= 0.3 is 6.03 Å². The predicted molar refractivity (Wildman–Crippen MR) is 69.5 cm³/mol. The molecule has 0 heterocycles. The fourth-order valence-corrected chi connectivity index (χ4v) is 2.56. The molecule has 0 aliphatic heterocycles. The molecular weight excluding hydrogens is 231 g/mol. The van der Waals surface area contributed by atoms with Gasteiger partial charge in [0.15, 0.2) is 0 Å². The van der Waals surface area contributed by atoms with Crippen LogP contribution in [-0.4, -0.2) is 19.3 Å². The highest BCUT2D eigenvalue weighted by Gasteiger charge is 2.25. The Bertz CT molecular complexity index is 459. The molecule has 0 fully saturated rings. The van der Waals surface area contributed by atoms with Gasteiger partial charge in [0.2, 0.25) is 0 Å². The first-order chi connectivity index (χ1) is 8.63. The highest BCUT2D eigenvalue weighted by atomic mass is 19.1. The molecule has 0 bridgehead atoms. The molecule has 98 valence electrons. The van der Waals surface area contributed by atoms with Crippen molar-refractivity contribution >= 4 is 6.03 Å². The quantitative estimate of drug-likeness (QED) is 0.850. The van der Waals surface area contributed by atoms with Crippen LogP contribution in [0.15, 0.2) is 12.1 Å². The van der Waals surface area contributed by atoms with E-state index < -0.39 is 6.67 Å². The van der Waals surface area contributed by atoms with Gasteiger partial charge in [0, 0.05) is 6.54 Å². The van der Waals surface area contributed by atoms with Gasteiger partial charge in [0.1, 0.15) is 6.67 Å². The number of hydrogen-bond donors (Lipinski definition) is 2. The van der Waals surface area contributed by atoms with Gasteiger partial charge < -0.3 is 10.6 Å². The molecule has 2 rings (SSSR count). The Labute approximate surface area is 107 Å². The number of halogens is 1. The molecule has 0 saturated heterocycles. The van der Waals surface area contributed by atoms with E-state index >= 15 is 0 Å². The van der Waals surface area contributed by atoms with Crippen molar-refractivity contribution in [3.05, 3.63) is 34.4 Å². The van der Waals surface area contributed by atoms with E-state index in [4.69, 9.17) is 0 Å². The monoisotopic (exact) mass is 250 g/mol. The van der Waals surface area contributed by atoms with E-state index in [-0.39, 0.29) is 18.6 Å². The number of benzene rings is 1. The fourth-order valence-electron chi connectivity index (χ4n) is 2.56. The van der Waals surface area contributed by atoms with E-state index in [1.165, 1.54) is 22.3 Å². The Balaban J connectivity index is 2.11. The molecule has 2 N–H and O–H groups in total. The Morgan fingerprint density at radius 1 is 1.44 bits per heavy atom. The number of alkyl halides is 1. The summed E-state index contributed by atoms with van der Waals surface area (Å²) in [6, 6.07) is 4.03. The summed E-state index contributed by atoms with van der Waals surface area (Å²) < 4.78 is 12.0. The molecule has 0 saturated carbocycles. The van der Waals surface area contributed by atoms with Gasteiger partial charge in [-0.1, -0.05) is 12.1 Å². The Morgan fingerprint density at radius 3 is 2.94 bits per heavy atom. The number of hydrogen-bond acceptors (Lipinski definition) is 1. The lowest BCUT2D eigenvalue weighted by Gasteiger charge is -2.17. The minimum atomic E-state index is -0.535. The van der Waals surface area contributed by atoms with Crippen molar-refractivity contribution in [3.63, 3.8) is 0 Å². The highest BCUT2D eigenvalue weighted by molar-refractivity contribution is 5.74. The van der Waals surface area contributed by atoms with Crippen molar-refractivity contribution in [3.8, 4) is 0 Å². The maximum absolute atomic E-state index is 12.0. The normalized spacial score (nSPS) is 17.4. The van der Waals surface area contributed by atoms with Gasteiger partial charge in [-0.25, -0.2) is 9.18 Å². The summed E-state index contributed by atoms with van der Waals surface area (Å²) in [6.45, 7) is 3.70. The van der Waals surface area contributed by atoms with Crippen LogP contribution in [-0.2, 0) is 6.42 Å². The second-order valence-electron chi connectivity index (χ2n) is 4.76. The zero-order chi connectivity index (χ0) is 13.1. The lowest BCUT2D eigenvalue weighted by atomic mass is 9.98. The molecule has 0 radical (unpaired) electrons. The molecule has 1 aliphatic carbocycles. The smallest absolute Gasteiger partial charge is 0.315 e. The molecule has 1 aromatic rings. The number of carbonyl (C=O) groups is 1. The second kappa shape index (κ2) is 5.38. The highest BCUT2D eigenvalue weighted by Crippen LogP contribution is 2.34. The summed E-state index contributed by atoms with van der Waals surface area (Å²) in [5.74, 6) is 0. The molecule has 1 aromatic carbocycles. The summed E-state index contributed by atoms with van der Waals surface area (Å²) in [7, 11) is 0. The second-order valence-corrected chi connectivity index (χ2v) is 4.76. The van der Waals surface area contributed by atoms with Crippen LogP contribution >= 0.6 is 0 Å². The van der Waals surface area contributed by atoms with Crippen LogP contribution in [0, 0.1) is 13.8 Å². The third kappa shape index (κ3) is 2.47. The fraction of sp³-hybridized carbons (Fsp3) is 0.500. The number of urea groups is 1. The topological polar surface area (TPSA) is 41.1 Å². The molecule has 0 aromatic heterocycles. The Kier molecular flexibility index (Phi) is 3.84. The Morgan fingerprint density at radius 2 is 2.22 bits per heavy atom. The number of amides is 2. The maximum Gasteiger partial charge on any atom is 0.315 e. The van der Waals surface area contributed by atoms with Crippen LogP contribution in [0.25, 0.3) is 0 Å². The van der Waals surface area contributed by atoms with E-state index in [0.717, 1.165) is 12.8 Å². The number of carbonyl (C=O) groups excluding carboxylic acids is 1.